The van der Waals surface area contributed by atoms with Crippen molar-refractivity contribution in [3.8, 4) is 0 Å². The predicted molar refractivity (Wildman–Crippen MR) is 73.3 cm³/mol. The Kier molecular flexibility index (Phi) is 4.21. The number of aromatic nitrogens is 2. The number of nitrogens with one attached hydrogen (secondary N) is 1. The van der Waals surface area contributed by atoms with Crippen molar-refractivity contribution in [1.82, 2.24) is 9.55 Å². The van der Waals surface area contributed by atoms with Crippen molar-refractivity contribution in [1.29, 1.82) is 0 Å². The molecule has 3 atom stereocenters. The first-order chi connectivity index (χ1) is 9.42. The minimum Gasteiger partial charge on any atom is -0.465 e. The minimum atomic E-state index is -0.658. The van der Waals surface area contributed by atoms with Crippen LogP contribution in [-0.4, -0.2) is 38.6 Å². The molecule has 20 heavy (non-hydrogen) atoms. The SMILES string of the molecule is Cc1cn([C@H]2C[C@H](OC(N)=S)[C@@H](CO)O2)c(=O)[nH]c1=O. The maximum absolute atomic E-state index is 11.8. The molecule has 2 heterocycles. The van der Waals surface area contributed by atoms with Gasteiger partial charge in [-0.05, 0) is 19.1 Å². The summed E-state index contributed by atoms with van der Waals surface area (Å²) in [7, 11) is 0. The fraction of sp³-hybridized carbons (Fsp3) is 0.545. The predicted octanol–water partition coefficient (Wildman–Crippen LogP) is -1.25. The van der Waals surface area contributed by atoms with E-state index in [1.54, 1.807) is 6.92 Å². The first-order valence-corrected chi connectivity index (χ1v) is 6.37. The maximum atomic E-state index is 11.8. The van der Waals surface area contributed by atoms with Crippen molar-refractivity contribution < 1.29 is 14.6 Å². The molecule has 0 radical (unpaired) electrons. The van der Waals surface area contributed by atoms with Gasteiger partial charge in [-0.2, -0.15) is 0 Å². The number of rotatable bonds is 3. The lowest BCUT2D eigenvalue weighted by Crippen LogP contribution is -2.33. The van der Waals surface area contributed by atoms with E-state index in [4.69, 9.17) is 15.2 Å². The van der Waals surface area contributed by atoms with Gasteiger partial charge in [0.15, 0.2) is 0 Å². The first kappa shape index (κ1) is 14.7. The van der Waals surface area contributed by atoms with E-state index in [2.05, 4.69) is 17.2 Å². The summed E-state index contributed by atoms with van der Waals surface area (Å²) in [4.78, 5) is 25.3. The number of aromatic amines is 1. The Morgan fingerprint density at radius 2 is 2.40 bits per heavy atom. The molecule has 9 heteroatoms. The summed E-state index contributed by atoms with van der Waals surface area (Å²) in [6.07, 6.45) is -0.144. The van der Waals surface area contributed by atoms with Gasteiger partial charge in [-0.1, -0.05) is 0 Å². The molecule has 0 amide bonds. The lowest BCUT2D eigenvalue weighted by Gasteiger charge is -2.16. The average Bonchev–Trinajstić information content (AvgIpc) is 2.75. The summed E-state index contributed by atoms with van der Waals surface area (Å²) in [5, 5.41) is 9.10. The summed E-state index contributed by atoms with van der Waals surface area (Å²) >= 11 is 4.65. The molecule has 0 aliphatic carbocycles. The summed E-state index contributed by atoms with van der Waals surface area (Å²) in [5.41, 5.74) is 4.65. The van der Waals surface area contributed by atoms with Gasteiger partial charge in [0.2, 0.25) is 0 Å². The highest BCUT2D eigenvalue weighted by atomic mass is 32.1. The van der Waals surface area contributed by atoms with Crippen LogP contribution in [0.4, 0.5) is 0 Å². The molecular weight excluding hydrogens is 286 g/mol. The number of ether oxygens (including phenoxy) is 2. The van der Waals surface area contributed by atoms with E-state index in [0.29, 0.717) is 5.56 Å². The molecule has 4 N–H and O–H groups in total. The second-order valence-electron chi connectivity index (χ2n) is 4.50. The molecule has 0 aromatic carbocycles. The summed E-state index contributed by atoms with van der Waals surface area (Å²) in [6, 6.07) is 0. The second-order valence-corrected chi connectivity index (χ2v) is 4.90. The fourth-order valence-electron chi connectivity index (χ4n) is 2.11. The van der Waals surface area contributed by atoms with E-state index in [0.717, 1.165) is 0 Å². The maximum Gasteiger partial charge on any atom is 0.330 e. The quantitative estimate of drug-likeness (QED) is 0.597. The van der Waals surface area contributed by atoms with Gasteiger partial charge < -0.3 is 20.3 Å². The Morgan fingerprint density at radius 1 is 1.70 bits per heavy atom. The van der Waals surface area contributed by atoms with Gasteiger partial charge in [0.25, 0.3) is 10.7 Å². The third-order valence-corrected chi connectivity index (χ3v) is 3.18. The molecule has 1 saturated heterocycles. The third-order valence-electron chi connectivity index (χ3n) is 3.08. The number of aryl methyl sites for hydroxylation is 1. The molecule has 0 unspecified atom stereocenters. The molecule has 0 saturated carbocycles. The minimum absolute atomic E-state index is 0.150. The number of aliphatic hydroxyl groups excluding tert-OH is 1. The number of thiocarbonyl (C=S) groups is 1. The summed E-state index contributed by atoms with van der Waals surface area (Å²) in [5.74, 6) is 0. The Hall–Kier alpha value is -1.71. The van der Waals surface area contributed by atoms with Crippen molar-refractivity contribution in [2.24, 2.45) is 5.73 Å². The normalized spacial score (nSPS) is 25.6. The highest BCUT2D eigenvalue weighted by Crippen LogP contribution is 2.29. The van der Waals surface area contributed by atoms with Gasteiger partial charge in [0, 0.05) is 18.2 Å². The molecule has 1 aliphatic rings. The Morgan fingerprint density at radius 3 is 3.00 bits per heavy atom. The molecule has 1 aromatic heterocycles. The monoisotopic (exact) mass is 301 g/mol. The molecule has 8 nitrogen and oxygen atoms in total. The number of nitrogens with zero attached hydrogens (tertiary/aromatic N) is 1. The molecule has 1 aliphatic heterocycles. The molecule has 1 fully saturated rings. The molecule has 1 aromatic rings. The van der Waals surface area contributed by atoms with Crippen LogP contribution in [0, 0.1) is 6.92 Å². The lowest BCUT2D eigenvalue weighted by atomic mass is 10.2. The van der Waals surface area contributed by atoms with Crippen LogP contribution in [0.15, 0.2) is 15.8 Å². The van der Waals surface area contributed by atoms with Gasteiger partial charge in [-0.25, -0.2) is 4.79 Å². The van der Waals surface area contributed by atoms with Crippen LogP contribution in [0.2, 0.25) is 0 Å². The molecule has 2 rings (SSSR count). The van der Waals surface area contributed by atoms with Crippen molar-refractivity contribution in [2.45, 2.75) is 31.8 Å². The largest absolute Gasteiger partial charge is 0.465 e. The molecule has 0 spiro atoms. The Labute approximate surface area is 119 Å². The average molecular weight is 301 g/mol. The van der Waals surface area contributed by atoms with E-state index in [1.807, 2.05) is 0 Å². The van der Waals surface area contributed by atoms with Gasteiger partial charge in [-0.15, -0.1) is 0 Å². The van der Waals surface area contributed by atoms with Crippen LogP contribution in [-0.2, 0) is 9.47 Å². The lowest BCUT2D eigenvalue weighted by molar-refractivity contribution is -0.0436. The number of aliphatic hydroxyl groups is 1. The highest BCUT2D eigenvalue weighted by Gasteiger charge is 2.38. The molecule has 110 valence electrons. The summed E-state index contributed by atoms with van der Waals surface area (Å²) in [6.45, 7) is 1.29. The van der Waals surface area contributed by atoms with Gasteiger partial charge in [-0.3, -0.25) is 14.3 Å². The van der Waals surface area contributed by atoms with Crippen LogP contribution in [0.25, 0.3) is 0 Å². The van der Waals surface area contributed by atoms with E-state index >= 15 is 0 Å². The van der Waals surface area contributed by atoms with Gasteiger partial charge in [0.05, 0.1) is 6.61 Å². The number of H-pyrrole nitrogens is 1. The van der Waals surface area contributed by atoms with Crippen LogP contribution in [0.3, 0.4) is 0 Å². The summed E-state index contributed by atoms with van der Waals surface area (Å²) < 4.78 is 12.0. The zero-order chi connectivity index (χ0) is 14.9. The first-order valence-electron chi connectivity index (χ1n) is 5.97. The second kappa shape index (κ2) is 5.73. The topological polar surface area (TPSA) is 120 Å². The van der Waals surface area contributed by atoms with E-state index < -0.39 is 29.7 Å². The van der Waals surface area contributed by atoms with Crippen molar-refractivity contribution >= 4 is 17.4 Å². The van der Waals surface area contributed by atoms with E-state index in [9.17, 15) is 14.7 Å². The van der Waals surface area contributed by atoms with Crippen LogP contribution in [0.5, 0.6) is 0 Å². The Bertz CT molecular complexity index is 625. The van der Waals surface area contributed by atoms with E-state index in [1.165, 1.54) is 10.8 Å². The van der Waals surface area contributed by atoms with Crippen molar-refractivity contribution in [3.63, 3.8) is 0 Å². The molecule has 0 bridgehead atoms. The zero-order valence-corrected chi connectivity index (χ0v) is 11.6. The highest BCUT2D eigenvalue weighted by molar-refractivity contribution is 7.80. The number of nitrogens with two attached hydrogens (primary N) is 1. The van der Waals surface area contributed by atoms with Crippen LogP contribution < -0.4 is 17.0 Å². The smallest absolute Gasteiger partial charge is 0.330 e. The van der Waals surface area contributed by atoms with Crippen molar-refractivity contribution in [3.05, 3.63) is 32.6 Å². The van der Waals surface area contributed by atoms with Crippen molar-refractivity contribution in [2.75, 3.05) is 6.61 Å². The van der Waals surface area contributed by atoms with Crippen LogP contribution >= 0.6 is 12.2 Å². The van der Waals surface area contributed by atoms with Gasteiger partial charge >= 0.3 is 5.69 Å². The van der Waals surface area contributed by atoms with E-state index in [-0.39, 0.29) is 18.2 Å². The van der Waals surface area contributed by atoms with Gasteiger partial charge in [0.1, 0.15) is 18.4 Å². The third kappa shape index (κ3) is 2.89. The zero-order valence-electron chi connectivity index (χ0n) is 10.7. The fourth-order valence-corrected chi connectivity index (χ4v) is 2.23. The molecular formula is C11H15N3O5S. The Balaban J connectivity index is 2.27. The standard InChI is InChI=1S/C11H15N3O5S/c1-5-3-14(11(17)13-9(5)16)8-2-6(19-10(12)20)7(4-15)18-8/h3,6-8,15H,2,4H2,1H3,(H2,12,20)(H,13,16,17)/t6-,7+,8+/m0/s1. The number of hydrogen-bond acceptors (Lipinski definition) is 6. The number of hydrogen-bond donors (Lipinski definition) is 3. The van der Waals surface area contributed by atoms with Crippen LogP contribution in [0.1, 0.15) is 18.2 Å².